The lowest BCUT2D eigenvalue weighted by molar-refractivity contribution is -0.121. The summed E-state index contributed by atoms with van der Waals surface area (Å²) in [4.78, 5) is 33.2. The maximum Gasteiger partial charge on any atom is 0.255 e. The van der Waals surface area contributed by atoms with Crippen LogP contribution in [0.25, 0.3) is 0 Å². The topological polar surface area (TPSA) is 71.5 Å². The molecule has 1 aromatic heterocycles. The Bertz CT molecular complexity index is 1340. The first-order chi connectivity index (χ1) is 17.5. The van der Waals surface area contributed by atoms with E-state index in [1.165, 1.54) is 30.3 Å². The van der Waals surface area contributed by atoms with Gasteiger partial charge in [-0.2, -0.15) is 0 Å². The lowest BCUT2D eigenvalue weighted by atomic mass is 10.1. The van der Waals surface area contributed by atoms with Crippen LogP contribution in [0.4, 0.5) is 10.1 Å². The Labute approximate surface area is 213 Å². The van der Waals surface area contributed by atoms with Crippen LogP contribution in [0.1, 0.15) is 27.7 Å². The summed E-state index contributed by atoms with van der Waals surface area (Å²) in [6.07, 6.45) is 1.54. The molecule has 0 aliphatic rings. The van der Waals surface area contributed by atoms with E-state index in [9.17, 15) is 14.0 Å². The van der Waals surface area contributed by atoms with E-state index in [1.54, 1.807) is 42.5 Å². The third-order valence-electron chi connectivity index (χ3n) is 5.51. The maximum absolute atomic E-state index is 14.5. The van der Waals surface area contributed by atoms with Crippen LogP contribution in [0.5, 0.6) is 5.75 Å². The van der Waals surface area contributed by atoms with Gasteiger partial charge in [0.05, 0.1) is 18.5 Å². The first kappa shape index (κ1) is 24.9. The summed E-state index contributed by atoms with van der Waals surface area (Å²) < 4.78 is 19.7. The second kappa shape index (κ2) is 11.5. The number of nitrogens with one attached hydrogen (secondary N) is 1. The van der Waals surface area contributed by atoms with Gasteiger partial charge in [0.2, 0.25) is 0 Å². The van der Waals surface area contributed by atoms with Crippen LogP contribution in [0, 0.1) is 5.82 Å². The molecule has 182 valence electrons. The average Bonchev–Trinajstić information content (AvgIpc) is 2.91. The molecule has 1 atom stereocenters. The van der Waals surface area contributed by atoms with Gasteiger partial charge >= 0.3 is 0 Å². The molecule has 0 aliphatic heterocycles. The Morgan fingerprint density at radius 2 is 1.72 bits per heavy atom. The van der Waals surface area contributed by atoms with E-state index in [0.717, 1.165) is 11.6 Å². The molecule has 8 heteroatoms. The Balaban J connectivity index is 1.77. The SMILES string of the molecule is COc1ccc(C(=O)N(Cc2ccccc2)C(C(=O)Nc2ccc(Cl)cc2F)c2ccccn2)cc1. The number of nitrogens with zero attached hydrogens (tertiary/aromatic N) is 2. The molecule has 0 radical (unpaired) electrons. The molecule has 36 heavy (non-hydrogen) atoms. The first-order valence-corrected chi connectivity index (χ1v) is 11.5. The fourth-order valence-corrected chi connectivity index (χ4v) is 3.88. The summed E-state index contributed by atoms with van der Waals surface area (Å²) in [5, 5.41) is 2.80. The highest BCUT2D eigenvalue weighted by molar-refractivity contribution is 6.30. The second-order valence-electron chi connectivity index (χ2n) is 7.92. The monoisotopic (exact) mass is 503 g/mol. The number of anilines is 1. The number of carbonyl (C=O) groups is 2. The van der Waals surface area contributed by atoms with E-state index < -0.39 is 23.7 Å². The van der Waals surface area contributed by atoms with Crippen molar-refractivity contribution in [1.82, 2.24) is 9.88 Å². The van der Waals surface area contributed by atoms with Crippen LogP contribution in [-0.2, 0) is 11.3 Å². The zero-order valence-corrected chi connectivity index (χ0v) is 20.2. The zero-order chi connectivity index (χ0) is 25.5. The Kier molecular flexibility index (Phi) is 7.92. The summed E-state index contributed by atoms with van der Waals surface area (Å²) in [7, 11) is 1.54. The van der Waals surface area contributed by atoms with Gasteiger partial charge in [0, 0.05) is 23.3 Å². The third kappa shape index (κ3) is 5.87. The zero-order valence-electron chi connectivity index (χ0n) is 19.4. The summed E-state index contributed by atoms with van der Waals surface area (Å²) in [5.74, 6) is -1.11. The molecule has 0 aliphatic carbocycles. The average molecular weight is 504 g/mol. The Morgan fingerprint density at radius 1 is 1.00 bits per heavy atom. The number of aromatic nitrogens is 1. The van der Waals surface area contributed by atoms with Crippen molar-refractivity contribution in [3.63, 3.8) is 0 Å². The van der Waals surface area contributed by atoms with Crippen LogP contribution in [0.3, 0.4) is 0 Å². The molecule has 2 amide bonds. The van der Waals surface area contributed by atoms with Crippen molar-refractivity contribution >= 4 is 29.1 Å². The maximum atomic E-state index is 14.5. The fraction of sp³-hybridized carbons (Fsp3) is 0.107. The number of carbonyl (C=O) groups excluding carboxylic acids is 2. The number of rotatable bonds is 8. The summed E-state index contributed by atoms with van der Waals surface area (Å²) in [5.41, 5.74) is 1.45. The van der Waals surface area contributed by atoms with Gasteiger partial charge in [-0.05, 0) is 60.2 Å². The molecule has 3 aromatic carbocycles. The molecule has 1 unspecified atom stereocenters. The van der Waals surface area contributed by atoms with E-state index >= 15 is 0 Å². The Morgan fingerprint density at radius 3 is 2.36 bits per heavy atom. The number of benzene rings is 3. The van der Waals surface area contributed by atoms with Crippen LogP contribution in [0.2, 0.25) is 5.02 Å². The van der Waals surface area contributed by atoms with Crippen molar-refractivity contribution in [3.8, 4) is 5.75 Å². The van der Waals surface area contributed by atoms with Crippen molar-refractivity contribution in [2.45, 2.75) is 12.6 Å². The molecular weight excluding hydrogens is 481 g/mol. The summed E-state index contributed by atoms with van der Waals surface area (Å²) >= 11 is 5.86. The summed E-state index contributed by atoms with van der Waals surface area (Å²) in [6.45, 7) is 0.115. The highest BCUT2D eigenvalue weighted by atomic mass is 35.5. The van der Waals surface area contributed by atoms with Crippen molar-refractivity contribution in [1.29, 1.82) is 0 Å². The Hall–Kier alpha value is -4.23. The summed E-state index contributed by atoms with van der Waals surface area (Å²) in [6, 6.07) is 23.8. The van der Waals surface area contributed by atoms with Crippen molar-refractivity contribution < 1.29 is 18.7 Å². The molecular formula is C28H23ClFN3O3. The fourth-order valence-electron chi connectivity index (χ4n) is 3.73. The van der Waals surface area contributed by atoms with E-state index in [1.807, 2.05) is 30.3 Å². The molecule has 0 saturated heterocycles. The molecule has 4 aromatic rings. The van der Waals surface area contributed by atoms with E-state index in [-0.39, 0.29) is 17.3 Å². The molecule has 0 bridgehead atoms. The smallest absolute Gasteiger partial charge is 0.255 e. The van der Waals surface area contributed by atoms with Gasteiger partial charge in [-0.15, -0.1) is 0 Å². The lowest BCUT2D eigenvalue weighted by Crippen LogP contribution is -2.41. The molecule has 0 saturated carbocycles. The van der Waals surface area contributed by atoms with Crippen molar-refractivity contribution in [3.05, 3.63) is 125 Å². The minimum Gasteiger partial charge on any atom is -0.497 e. The van der Waals surface area contributed by atoms with Gasteiger partial charge in [0.25, 0.3) is 11.8 Å². The third-order valence-corrected chi connectivity index (χ3v) is 5.75. The van der Waals surface area contributed by atoms with E-state index in [0.29, 0.717) is 17.0 Å². The number of methoxy groups -OCH3 is 1. The van der Waals surface area contributed by atoms with Gasteiger partial charge < -0.3 is 15.0 Å². The lowest BCUT2D eigenvalue weighted by Gasteiger charge is -2.31. The van der Waals surface area contributed by atoms with E-state index in [2.05, 4.69) is 10.3 Å². The standard InChI is InChI=1S/C28H23ClFN3O3/c1-36-22-13-10-20(11-14-22)28(35)33(18-19-7-3-2-4-8-19)26(25-9-5-6-16-31-25)27(34)32-24-15-12-21(29)17-23(24)30/h2-17,26H,18H2,1H3,(H,32,34). The van der Waals surface area contributed by atoms with E-state index in [4.69, 9.17) is 16.3 Å². The number of hydrogen-bond acceptors (Lipinski definition) is 4. The van der Waals surface area contributed by atoms with Gasteiger partial charge in [-0.1, -0.05) is 48.0 Å². The molecule has 1 heterocycles. The molecule has 4 rings (SSSR count). The van der Waals surface area contributed by atoms with Crippen LogP contribution < -0.4 is 10.1 Å². The van der Waals surface area contributed by atoms with Crippen LogP contribution in [0.15, 0.2) is 97.2 Å². The first-order valence-electron chi connectivity index (χ1n) is 11.1. The van der Waals surface area contributed by atoms with Gasteiger partial charge in [-0.3, -0.25) is 14.6 Å². The number of ether oxygens (including phenoxy) is 1. The van der Waals surface area contributed by atoms with Crippen molar-refractivity contribution in [2.75, 3.05) is 12.4 Å². The molecule has 0 spiro atoms. The minimum absolute atomic E-state index is 0.0538. The number of amides is 2. The predicted octanol–water partition coefficient (Wildman–Crippen LogP) is 5.91. The van der Waals surface area contributed by atoms with Crippen LogP contribution in [-0.4, -0.2) is 28.8 Å². The quantitative estimate of drug-likeness (QED) is 0.325. The van der Waals surface area contributed by atoms with Crippen molar-refractivity contribution in [2.24, 2.45) is 0 Å². The number of halogens is 2. The largest absolute Gasteiger partial charge is 0.497 e. The molecule has 6 nitrogen and oxygen atoms in total. The highest BCUT2D eigenvalue weighted by Gasteiger charge is 2.33. The second-order valence-corrected chi connectivity index (χ2v) is 8.35. The molecule has 0 fully saturated rings. The van der Waals surface area contributed by atoms with Gasteiger partial charge in [0.1, 0.15) is 11.6 Å². The van der Waals surface area contributed by atoms with Gasteiger partial charge in [0.15, 0.2) is 6.04 Å². The van der Waals surface area contributed by atoms with Crippen LogP contribution >= 0.6 is 11.6 Å². The normalized spacial score (nSPS) is 11.4. The van der Waals surface area contributed by atoms with Gasteiger partial charge in [-0.25, -0.2) is 4.39 Å². The number of hydrogen-bond donors (Lipinski definition) is 1. The number of pyridine rings is 1. The molecule has 1 N–H and O–H groups in total. The highest BCUT2D eigenvalue weighted by Crippen LogP contribution is 2.28. The predicted molar refractivity (Wildman–Crippen MR) is 136 cm³/mol. The minimum atomic E-state index is -1.16.